The van der Waals surface area contributed by atoms with Crippen molar-refractivity contribution < 1.29 is 8.42 Å². The summed E-state index contributed by atoms with van der Waals surface area (Å²) in [5.41, 5.74) is 0.477. The fourth-order valence-electron chi connectivity index (χ4n) is 1.21. The van der Waals surface area contributed by atoms with E-state index < -0.39 is 10.0 Å². The summed E-state index contributed by atoms with van der Waals surface area (Å²) in [5, 5.41) is 0.827. The van der Waals surface area contributed by atoms with Crippen molar-refractivity contribution in [2.45, 2.75) is 0 Å². The molecule has 0 atom stereocenters. The molecule has 0 aliphatic rings. The molecule has 0 unspecified atom stereocenters. The first-order valence-electron chi connectivity index (χ1n) is 3.72. The number of fused-ring (bicyclic) bond motifs is 1. The Morgan fingerprint density at radius 3 is 2.85 bits per heavy atom. The summed E-state index contributed by atoms with van der Waals surface area (Å²) < 4.78 is 23.6. The van der Waals surface area contributed by atoms with Gasteiger partial charge in [0, 0.05) is 17.8 Å². The normalized spacial score (nSPS) is 12.1. The van der Waals surface area contributed by atoms with Gasteiger partial charge >= 0.3 is 0 Å². The smallest absolute Gasteiger partial charge is 0.237 e. The molecule has 0 N–H and O–H groups in total. The molecule has 5 heteroatoms. The molecule has 0 saturated carbocycles. The molecule has 2 aromatic rings. The maximum atomic E-state index is 11.2. The second-order valence-corrected chi connectivity index (χ2v) is 4.65. The molecule has 0 aliphatic heterocycles. The molecular formula is C8H8N2O2S. The fourth-order valence-corrected chi connectivity index (χ4v) is 1.96. The van der Waals surface area contributed by atoms with Gasteiger partial charge in [0.1, 0.15) is 0 Å². The van der Waals surface area contributed by atoms with E-state index >= 15 is 0 Å². The zero-order valence-corrected chi connectivity index (χ0v) is 7.82. The van der Waals surface area contributed by atoms with Crippen molar-refractivity contribution in [1.82, 2.24) is 8.96 Å². The molecule has 4 nitrogen and oxygen atoms in total. The van der Waals surface area contributed by atoms with Gasteiger partial charge in [-0.1, -0.05) is 0 Å². The van der Waals surface area contributed by atoms with Crippen LogP contribution in [0.5, 0.6) is 0 Å². The third-order valence-electron chi connectivity index (χ3n) is 1.77. The van der Waals surface area contributed by atoms with Crippen LogP contribution in [-0.2, 0) is 10.0 Å². The van der Waals surface area contributed by atoms with Crippen molar-refractivity contribution in [2.24, 2.45) is 0 Å². The molecule has 0 amide bonds. The van der Waals surface area contributed by atoms with E-state index in [2.05, 4.69) is 4.98 Å². The van der Waals surface area contributed by atoms with Gasteiger partial charge in [-0.3, -0.25) is 0 Å². The van der Waals surface area contributed by atoms with Gasteiger partial charge in [-0.05, 0) is 18.2 Å². The lowest BCUT2D eigenvalue weighted by atomic mass is 10.3. The van der Waals surface area contributed by atoms with Crippen LogP contribution in [0.2, 0.25) is 0 Å². The van der Waals surface area contributed by atoms with Crippen LogP contribution < -0.4 is 0 Å². The van der Waals surface area contributed by atoms with E-state index in [0.29, 0.717) is 5.65 Å². The number of hydrogen-bond donors (Lipinski definition) is 0. The van der Waals surface area contributed by atoms with Crippen LogP contribution in [-0.4, -0.2) is 23.6 Å². The van der Waals surface area contributed by atoms with Crippen LogP contribution in [0.1, 0.15) is 0 Å². The SMILES string of the molecule is CS(=O)(=O)n1ccc2cccnc21. The molecule has 2 heterocycles. The van der Waals surface area contributed by atoms with Crippen molar-refractivity contribution in [3.8, 4) is 0 Å². The molecule has 68 valence electrons. The summed E-state index contributed by atoms with van der Waals surface area (Å²) in [6.45, 7) is 0. The average Bonchev–Trinajstić information content (AvgIpc) is 2.45. The van der Waals surface area contributed by atoms with Gasteiger partial charge < -0.3 is 0 Å². The zero-order chi connectivity index (χ0) is 9.47. The molecule has 0 bridgehead atoms. The van der Waals surface area contributed by atoms with E-state index in [0.717, 1.165) is 11.6 Å². The Labute approximate surface area is 75.9 Å². The maximum Gasteiger partial charge on any atom is 0.237 e. The minimum atomic E-state index is -3.23. The van der Waals surface area contributed by atoms with E-state index in [4.69, 9.17) is 0 Å². The Kier molecular flexibility index (Phi) is 1.63. The molecule has 0 aromatic carbocycles. The molecule has 0 saturated heterocycles. The first kappa shape index (κ1) is 8.25. The lowest BCUT2D eigenvalue weighted by Gasteiger charge is -1.99. The van der Waals surface area contributed by atoms with Crippen LogP contribution in [0.4, 0.5) is 0 Å². The standard InChI is InChI=1S/C8H8N2O2S/c1-13(11,12)10-6-4-7-3-2-5-9-8(7)10/h2-6H,1H3. The average molecular weight is 196 g/mol. The second kappa shape index (κ2) is 2.56. The number of hydrogen-bond acceptors (Lipinski definition) is 3. The molecular weight excluding hydrogens is 188 g/mol. The third kappa shape index (κ3) is 1.31. The minimum Gasteiger partial charge on any atom is -0.237 e. The Morgan fingerprint density at radius 2 is 2.15 bits per heavy atom. The second-order valence-electron chi connectivity index (χ2n) is 2.79. The number of nitrogens with zero attached hydrogens (tertiary/aromatic N) is 2. The maximum absolute atomic E-state index is 11.2. The summed E-state index contributed by atoms with van der Waals surface area (Å²) in [4.78, 5) is 3.99. The first-order chi connectivity index (χ1) is 6.09. The minimum absolute atomic E-state index is 0.477. The number of pyridine rings is 1. The molecule has 0 aliphatic carbocycles. The number of aromatic nitrogens is 2. The molecule has 0 fully saturated rings. The lowest BCUT2D eigenvalue weighted by molar-refractivity contribution is 0.595. The Bertz CT molecular complexity index is 542. The quantitative estimate of drug-likeness (QED) is 0.679. The predicted octanol–water partition coefficient (Wildman–Crippen LogP) is 0.844. The van der Waals surface area contributed by atoms with Crippen molar-refractivity contribution in [2.75, 3.05) is 6.26 Å². The topological polar surface area (TPSA) is 52.0 Å². The highest BCUT2D eigenvalue weighted by atomic mass is 32.2. The highest BCUT2D eigenvalue weighted by molar-refractivity contribution is 7.89. The van der Waals surface area contributed by atoms with Crippen molar-refractivity contribution in [1.29, 1.82) is 0 Å². The Hall–Kier alpha value is -1.36. The van der Waals surface area contributed by atoms with Crippen LogP contribution in [0.25, 0.3) is 11.0 Å². The summed E-state index contributed by atoms with van der Waals surface area (Å²) in [6.07, 6.45) is 4.23. The van der Waals surface area contributed by atoms with E-state index in [-0.39, 0.29) is 0 Å². The van der Waals surface area contributed by atoms with Gasteiger partial charge in [0.15, 0.2) is 5.65 Å². The van der Waals surface area contributed by atoms with Crippen LogP contribution in [0, 0.1) is 0 Å². The highest BCUT2D eigenvalue weighted by Crippen LogP contribution is 2.13. The van der Waals surface area contributed by atoms with Crippen LogP contribution in [0.3, 0.4) is 0 Å². The van der Waals surface area contributed by atoms with Gasteiger partial charge in [-0.25, -0.2) is 17.4 Å². The van der Waals surface area contributed by atoms with E-state index in [1.807, 2.05) is 6.07 Å². The molecule has 2 aromatic heterocycles. The van der Waals surface area contributed by atoms with Crippen molar-refractivity contribution in [3.05, 3.63) is 30.6 Å². The fraction of sp³-hybridized carbons (Fsp3) is 0.125. The number of rotatable bonds is 1. The molecule has 13 heavy (non-hydrogen) atoms. The third-order valence-corrected chi connectivity index (χ3v) is 2.78. The van der Waals surface area contributed by atoms with E-state index in [1.54, 1.807) is 18.3 Å². The van der Waals surface area contributed by atoms with Gasteiger partial charge in [-0.2, -0.15) is 0 Å². The molecule has 0 radical (unpaired) electrons. The van der Waals surface area contributed by atoms with Crippen LogP contribution >= 0.6 is 0 Å². The summed E-state index contributed by atoms with van der Waals surface area (Å²) in [5.74, 6) is 0. The lowest BCUT2D eigenvalue weighted by Crippen LogP contribution is -2.08. The first-order valence-corrected chi connectivity index (χ1v) is 5.56. The monoisotopic (exact) mass is 196 g/mol. The van der Waals surface area contributed by atoms with Crippen LogP contribution in [0.15, 0.2) is 30.6 Å². The zero-order valence-electron chi connectivity index (χ0n) is 7.01. The van der Waals surface area contributed by atoms with Gasteiger partial charge in [0.05, 0.1) is 6.26 Å². The predicted molar refractivity (Wildman–Crippen MR) is 50.0 cm³/mol. The van der Waals surface area contributed by atoms with Gasteiger partial charge in [0.25, 0.3) is 0 Å². The van der Waals surface area contributed by atoms with E-state index in [1.165, 1.54) is 10.2 Å². The molecule has 2 rings (SSSR count). The van der Waals surface area contributed by atoms with Gasteiger partial charge in [0.2, 0.25) is 10.0 Å². The van der Waals surface area contributed by atoms with Crippen molar-refractivity contribution >= 4 is 21.1 Å². The van der Waals surface area contributed by atoms with Crippen molar-refractivity contribution in [3.63, 3.8) is 0 Å². The Morgan fingerprint density at radius 1 is 1.38 bits per heavy atom. The summed E-state index contributed by atoms with van der Waals surface area (Å²) >= 11 is 0. The summed E-state index contributed by atoms with van der Waals surface area (Å²) in [7, 11) is -3.23. The molecule has 0 spiro atoms. The van der Waals surface area contributed by atoms with Gasteiger partial charge in [-0.15, -0.1) is 0 Å². The Balaban J connectivity index is 2.87. The van der Waals surface area contributed by atoms with E-state index in [9.17, 15) is 8.42 Å². The highest BCUT2D eigenvalue weighted by Gasteiger charge is 2.09. The summed E-state index contributed by atoms with van der Waals surface area (Å²) in [6, 6.07) is 5.32. The largest absolute Gasteiger partial charge is 0.237 e.